The van der Waals surface area contributed by atoms with Crippen LogP contribution in [0.25, 0.3) is 0 Å². The van der Waals surface area contributed by atoms with Crippen molar-refractivity contribution in [1.29, 1.82) is 10.5 Å². The zero-order valence-electron chi connectivity index (χ0n) is 5.27. The van der Waals surface area contributed by atoms with Crippen LogP contribution < -0.4 is 0 Å². The Hall–Kier alpha value is -1.59. The third-order valence-electron chi connectivity index (χ3n) is 0.407. The Labute approximate surface area is 57.7 Å². The molecule has 0 fully saturated rings. The van der Waals surface area contributed by atoms with Gasteiger partial charge in [-0.1, -0.05) is 0 Å². The van der Waals surface area contributed by atoms with Crippen LogP contribution in [0.15, 0.2) is 0 Å². The highest BCUT2D eigenvalue weighted by atomic mass is 16.4. The van der Waals surface area contributed by atoms with Gasteiger partial charge in [0.1, 0.15) is 6.10 Å². The average Bonchev–Trinajstić information content (AvgIpc) is 1.89. The highest BCUT2D eigenvalue weighted by Crippen LogP contribution is 1.73. The van der Waals surface area contributed by atoms with E-state index in [0.29, 0.717) is 0 Å². The van der Waals surface area contributed by atoms with Crippen LogP contribution in [0.3, 0.4) is 0 Å². The molecule has 0 spiro atoms. The summed E-state index contributed by atoms with van der Waals surface area (Å²) in [4.78, 5) is 9.45. The Kier molecular flexibility index (Phi) is 8.33. The number of nitrogens with zero attached hydrogens (tertiary/aromatic N) is 2. The van der Waals surface area contributed by atoms with Crippen molar-refractivity contribution in [2.24, 2.45) is 0 Å². The summed E-state index contributed by atoms with van der Waals surface area (Å²) in [7, 11) is 0. The first kappa shape index (κ1) is 11.2. The predicted molar refractivity (Wildman–Crippen MR) is 30.5 cm³/mol. The number of hydrogen-bond donors (Lipinski definition) is 2. The molecule has 0 heterocycles. The van der Waals surface area contributed by atoms with E-state index in [1.54, 1.807) is 0 Å². The molecule has 0 rings (SSSR count). The Bertz CT molecular complexity index is 162. The van der Waals surface area contributed by atoms with Crippen LogP contribution in [-0.2, 0) is 4.79 Å². The molecule has 0 aliphatic carbocycles. The van der Waals surface area contributed by atoms with E-state index >= 15 is 0 Å². The first-order valence-electron chi connectivity index (χ1n) is 2.25. The summed E-state index contributed by atoms with van der Waals surface area (Å²) in [5.41, 5.74) is 0. The van der Waals surface area contributed by atoms with Gasteiger partial charge in [0, 0.05) is 0 Å². The van der Waals surface area contributed by atoms with Crippen molar-refractivity contribution in [3.05, 3.63) is 0 Å². The summed E-state index contributed by atoms with van der Waals surface area (Å²) < 4.78 is 0. The molecule has 0 aliphatic heterocycles. The summed E-state index contributed by atoms with van der Waals surface area (Å²) in [6, 6.07) is 2.47. The van der Waals surface area contributed by atoms with Crippen LogP contribution in [0, 0.1) is 22.7 Å². The van der Waals surface area contributed by atoms with Crippen LogP contribution >= 0.6 is 0 Å². The van der Waals surface area contributed by atoms with Crippen molar-refractivity contribution in [3.8, 4) is 12.1 Å². The number of carbonyl (C=O) groups is 1. The molecule has 0 amide bonds. The lowest BCUT2D eigenvalue weighted by Crippen LogP contribution is -2.13. The maximum absolute atomic E-state index is 9.45. The van der Waals surface area contributed by atoms with Crippen LogP contribution in [0.2, 0.25) is 0 Å². The molecule has 2 N–H and O–H groups in total. The van der Waals surface area contributed by atoms with Crippen molar-refractivity contribution in [1.82, 2.24) is 0 Å². The van der Waals surface area contributed by atoms with Crippen molar-refractivity contribution < 1.29 is 15.0 Å². The second-order valence-electron chi connectivity index (χ2n) is 1.24. The van der Waals surface area contributed by atoms with E-state index in [0.717, 1.165) is 0 Å². The van der Waals surface area contributed by atoms with Crippen molar-refractivity contribution in [2.75, 3.05) is 0 Å². The molecule has 0 saturated carbocycles. The number of carboxylic acids is 1. The highest BCUT2D eigenvalue weighted by molar-refractivity contribution is 5.71. The number of rotatable bonds is 1. The van der Waals surface area contributed by atoms with Gasteiger partial charge in [0.15, 0.2) is 12.1 Å². The molecule has 5 heteroatoms. The fourth-order valence-electron chi connectivity index (χ4n) is 0. The SMILES string of the molecule is CC(O)C(=O)O.N#CC#N. The number of nitriles is 2. The average molecular weight is 142 g/mol. The maximum Gasteiger partial charge on any atom is 0.332 e. The Morgan fingerprint density at radius 3 is 1.70 bits per heavy atom. The van der Waals surface area contributed by atoms with Gasteiger partial charge in [0.05, 0.1) is 0 Å². The van der Waals surface area contributed by atoms with Crippen molar-refractivity contribution >= 4 is 5.97 Å². The van der Waals surface area contributed by atoms with Crippen molar-refractivity contribution in [3.63, 3.8) is 0 Å². The van der Waals surface area contributed by atoms with E-state index < -0.39 is 12.1 Å². The second-order valence-corrected chi connectivity index (χ2v) is 1.24. The number of hydrogen-bond acceptors (Lipinski definition) is 4. The lowest BCUT2D eigenvalue weighted by Gasteiger charge is -1.89. The van der Waals surface area contributed by atoms with E-state index in [9.17, 15) is 4.79 Å². The number of carboxylic acid groups (broad SMARTS) is 1. The molecule has 1 atom stereocenters. The van der Waals surface area contributed by atoms with E-state index in [2.05, 4.69) is 0 Å². The normalized spacial score (nSPS) is 9.20. The molecule has 0 aromatic rings. The van der Waals surface area contributed by atoms with Gasteiger partial charge in [0.2, 0.25) is 0 Å². The molecule has 1 unspecified atom stereocenters. The van der Waals surface area contributed by atoms with Gasteiger partial charge >= 0.3 is 5.97 Å². The van der Waals surface area contributed by atoms with Crippen LogP contribution in [0.1, 0.15) is 6.92 Å². The monoisotopic (exact) mass is 142 g/mol. The van der Waals surface area contributed by atoms with Crippen LogP contribution in [0.5, 0.6) is 0 Å². The van der Waals surface area contributed by atoms with Gasteiger partial charge in [-0.2, -0.15) is 10.5 Å². The smallest absolute Gasteiger partial charge is 0.332 e. The fourth-order valence-corrected chi connectivity index (χ4v) is 0. The van der Waals surface area contributed by atoms with E-state index in [4.69, 9.17) is 20.7 Å². The van der Waals surface area contributed by atoms with Crippen molar-refractivity contribution in [2.45, 2.75) is 13.0 Å². The summed E-state index contributed by atoms with van der Waals surface area (Å²) in [5, 5.41) is 30.3. The third kappa shape index (κ3) is 16.1. The zero-order valence-corrected chi connectivity index (χ0v) is 5.27. The molecule has 5 nitrogen and oxygen atoms in total. The molecule has 0 bridgehead atoms. The summed E-state index contributed by atoms with van der Waals surface area (Å²) >= 11 is 0. The first-order chi connectivity index (χ1) is 4.56. The zero-order chi connectivity index (χ0) is 8.57. The number of aliphatic carboxylic acids is 1. The lowest BCUT2D eigenvalue weighted by atomic mass is 10.4. The van der Waals surface area contributed by atoms with Gasteiger partial charge in [-0.05, 0) is 6.92 Å². The molecular weight excluding hydrogens is 136 g/mol. The molecule has 0 aromatic carbocycles. The summed E-state index contributed by atoms with van der Waals surface area (Å²) in [6.45, 7) is 1.20. The topological polar surface area (TPSA) is 105 Å². The van der Waals surface area contributed by atoms with Gasteiger partial charge in [-0.25, -0.2) is 4.79 Å². The molecule has 0 aromatic heterocycles. The predicted octanol–water partition coefficient (Wildman–Crippen LogP) is -0.515. The second kappa shape index (κ2) is 7.41. The quantitative estimate of drug-likeness (QED) is 0.512. The molecule has 0 radical (unpaired) electrons. The van der Waals surface area contributed by atoms with E-state index in [1.165, 1.54) is 19.1 Å². The Morgan fingerprint density at radius 2 is 1.70 bits per heavy atom. The van der Waals surface area contributed by atoms with E-state index in [1.807, 2.05) is 0 Å². The minimum Gasteiger partial charge on any atom is -0.479 e. The minimum atomic E-state index is -1.23. The molecular formula is C5H6N2O3. The summed E-state index contributed by atoms with van der Waals surface area (Å²) in [6.07, 6.45) is -1.23. The first-order valence-corrected chi connectivity index (χ1v) is 2.25. The fraction of sp³-hybridized carbons (Fsp3) is 0.400. The Morgan fingerprint density at radius 1 is 1.50 bits per heavy atom. The van der Waals surface area contributed by atoms with Crippen LogP contribution in [0.4, 0.5) is 0 Å². The van der Waals surface area contributed by atoms with Gasteiger partial charge in [-0.3, -0.25) is 0 Å². The maximum atomic E-state index is 9.45. The number of aliphatic hydroxyl groups excluding tert-OH is 1. The molecule has 54 valence electrons. The van der Waals surface area contributed by atoms with Gasteiger partial charge in [-0.15, -0.1) is 0 Å². The third-order valence-corrected chi connectivity index (χ3v) is 0.407. The highest BCUT2D eigenvalue weighted by Gasteiger charge is 2.01. The molecule has 0 aliphatic rings. The van der Waals surface area contributed by atoms with Gasteiger partial charge < -0.3 is 10.2 Å². The van der Waals surface area contributed by atoms with Crippen LogP contribution in [-0.4, -0.2) is 22.3 Å². The lowest BCUT2D eigenvalue weighted by molar-refractivity contribution is -0.145. The number of aliphatic hydroxyl groups is 1. The largest absolute Gasteiger partial charge is 0.479 e. The van der Waals surface area contributed by atoms with E-state index in [-0.39, 0.29) is 0 Å². The Balaban J connectivity index is 0. The summed E-state index contributed by atoms with van der Waals surface area (Å²) in [5.74, 6) is -1.19. The van der Waals surface area contributed by atoms with Gasteiger partial charge in [0.25, 0.3) is 0 Å². The standard InChI is InChI=1S/C3H6O3.C2N2/c1-2(4)3(5)6;3-1-2-4/h2,4H,1H3,(H,5,6);. The minimum absolute atomic E-state index is 1.19. The molecule has 10 heavy (non-hydrogen) atoms. The molecule has 0 saturated heterocycles.